The molecule has 2 fully saturated rings. The van der Waals surface area contributed by atoms with Gasteiger partial charge >= 0.3 is 0 Å². The van der Waals surface area contributed by atoms with Crippen molar-refractivity contribution in [2.45, 2.75) is 25.7 Å². The van der Waals surface area contributed by atoms with Crippen molar-refractivity contribution in [2.24, 2.45) is 23.7 Å². The molecule has 2 aliphatic rings. The third-order valence-electron chi connectivity index (χ3n) is 3.93. The van der Waals surface area contributed by atoms with Crippen LogP contribution in [0.5, 0.6) is 0 Å². The van der Waals surface area contributed by atoms with Gasteiger partial charge in [-0.3, -0.25) is 0 Å². The number of alkyl halides is 1. The van der Waals surface area contributed by atoms with Crippen LogP contribution >= 0.6 is 15.9 Å². The van der Waals surface area contributed by atoms with Crippen molar-refractivity contribution in [1.29, 1.82) is 0 Å². The number of hydrogen-bond donors (Lipinski definition) is 1. The molecule has 0 saturated heterocycles. The molecule has 2 rings (SSSR count). The highest BCUT2D eigenvalue weighted by molar-refractivity contribution is 9.09. The molecule has 0 aliphatic heterocycles. The summed E-state index contributed by atoms with van der Waals surface area (Å²) in [6.45, 7) is 0.429. The van der Waals surface area contributed by atoms with Crippen molar-refractivity contribution in [1.82, 2.24) is 0 Å². The van der Waals surface area contributed by atoms with Crippen molar-refractivity contribution in [3.63, 3.8) is 0 Å². The minimum absolute atomic E-state index is 0.429. The van der Waals surface area contributed by atoms with Gasteiger partial charge in [-0.1, -0.05) is 15.9 Å². The van der Waals surface area contributed by atoms with E-state index in [-0.39, 0.29) is 0 Å². The summed E-state index contributed by atoms with van der Waals surface area (Å²) in [5, 5.41) is 10.4. The maximum absolute atomic E-state index is 9.27. The van der Waals surface area contributed by atoms with Crippen LogP contribution in [-0.4, -0.2) is 17.0 Å². The van der Waals surface area contributed by atoms with Gasteiger partial charge in [-0.2, -0.15) is 0 Å². The number of rotatable bonds is 3. The highest BCUT2D eigenvalue weighted by atomic mass is 79.9. The fraction of sp³-hybridized carbons (Fsp3) is 1.00. The van der Waals surface area contributed by atoms with Crippen LogP contribution in [0.15, 0.2) is 0 Å². The van der Waals surface area contributed by atoms with Gasteiger partial charge in [-0.05, 0) is 49.4 Å². The Balaban J connectivity index is 2.01. The molecule has 0 amide bonds. The molecule has 4 atom stereocenters. The van der Waals surface area contributed by atoms with Gasteiger partial charge in [0.1, 0.15) is 0 Å². The lowest BCUT2D eigenvalue weighted by molar-refractivity contribution is 0.123. The Labute approximate surface area is 82.7 Å². The molecule has 0 aromatic rings. The van der Waals surface area contributed by atoms with E-state index in [0.717, 1.165) is 23.1 Å². The molecule has 0 aromatic heterocycles. The van der Waals surface area contributed by atoms with E-state index in [0.29, 0.717) is 12.5 Å². The zero-order chi connectivity index (χ0) is 8.55. The van der Waals surface area contributed by atoms with E-state index in [4.69, 9.17) is 0 Å². The molecule has 12 heavy (non-hydrogen) atoms. The fourth-order valence-corrected chi connectivity index (χ4v) is 3.92. The Morgan fingerprint density at radius 3 is 2.42 bits per heavy atom. The van der Waals surface area contributed by atoms with Gasteiger partial charge in [0.15, 0.2) is 0 Å². The van der Waals surface area contributed by atoms with Crippen LogP contribution in [0.4, 0.5) is 0 Å². The van der Waals surface area contributed by atoms with Crippen LogP contribution in [-0.2, 0) is 0 Å². The maximum atomic E-state index is 9.27. The first-order valence-corrected chi connectivity index (χ1v) is 6.15. The molecule has 0 spiro atoms. The van der Waals surface area contributed by atoms with Crippen LogP contribution in [0.25, 0.3) is 0 Å². The molecular weight excluding hydrogens is 216 g/mol. The number of fused-ring (bicyclic) bond motifs is 2. The molecule has 2 saturated carbocycles. The Morgan fingerprint density at radius 2 is 1.83 bits per heavy atom. The smallest absolute Gasteiger partial charge is 0.0464 e. The lowest BCUT2D eigenvalue weighted by atomic mass is 9.78. The second-order valence-electron chi connectivity index (χ2n) is 4.32. The van der Waals surface area contributed by atoms with E-state index < -0.39 is 0 Å². The van der Waals surface area contributed by atoms with Crippen LogP contribution in [0.3, 0.4) is 0 Å². The molecule has 2 aliphatic carbocycles. The second kappa shape index (κ2) is 3.67. The van der Waals surface area contributed by atoms with Crippen molar-refractivity contribution < 1.29 is 5.11 Å². The molecule has 70 valence electrons. The zero-order valence-corrected chi connectivity index (χ0v) is 8.96. The Bertz CT molecular complexity index is 160. The first kappa shape index (κ1) is 9.01. The monoisotopic (exact) mass is 232 g/mol. The van der Waals surface area contributed by atoms with Crippen molar-refractivity contribution in [3.05, 3.63) is 0 Å². The predicted octanol–water partition coefficient (Wildman–Crippen LogP) is 2.43. The zero-order valence-electron chi connectivity index (χ0n) is 7.38. The summed E-state index contributed by atoms with van der Waals surface area (Å²) >= 11 is 3.51. The van der Waals surface area contributed by atoms with Crippen LogP contribution < -0.4 is 0 Å². The number of aliphatic hydroxyl groups excluding tert-OH is 1. The second-order valence-corrected chi connectivity index (χ2v) is 5.11. The Kier molecular flexibility index (Phi) is 2.75. The number of halogens is 1. The lowest BCUT2D eigenvalue weighted by Crippen LogP contribution is -2.25. The lowest BCUT2D eigenvalue weighted by Gasteiger charge is -2.29. The van der Waals surface area contributed by atoms with Crippen LogP contribution in [0.2, 0.25) is 0 Å². The highest BCUT2D eigenvalue weighted by Crippen LogP contribution is 2.53. The van der Waals surface area contributed by atoms with Gasteiger partial charge < -0.3 is 5.11 Å². The standard InChI is InChI=1S/C10H17BrO/c11-4-3-9-7-1-2-8(5-7)10(9)6-12/h7-10,12H,1-6H2. The number of hydrogen-bond acceptors (Lipinski definition) is 1. The summed E-state index contributed by atoms with van der Waals surface area (Å²) in [6, 6.07) is 0. The molecule has 2 bridgehead atoms. The van der Waals surface area contributed by atoms with E-state index in [9.17, 15) is 5.11 Å². The molecular formula is C10H17BrO. The number of aliphatic hydroxyl groups is 1. The summed E-state index contributed by atoms with van der Waals surface area (Å²) in [5.74, 6) is 3.28. The van der Waals surface area contributed by atoms with Gasteiger partial charge in [0.2, 0.25) is 0 Å². The first-order chi connectivity index (χ1) is 5.86. The molecule has 0 heterocycles. The minimum Gasteiger partial charge on any atom is -0.396 e. The van der Waals surface area contributed by atoms with Crippen LogP contribution in [0.1, 0.15) is 25.7 Å². The van der Waals surface area contributed by atoms with Gasteiger partial charge in [0, 0.05) is 11.9 Å². The predicted molar refractivity (Wildman–Crippen MR) is 53.3 cm³/mol. The molecule has 4 unspecified atom stereocenters. The van der Waals surface area contributed by atoms with Gasteiger partial charge in [-0.25, -0.2) is 0 Å². The summed E-state index contributed by atoms with van der Waals surface area (Å²) in [7, 11) is 0. The minimum atomic E-state index is 0.429. The average Bonchev–Trinajstić information content (AvgIpc) is 2.64. The van der Waals surface area contributed by atoms with E-state index in [1.807, 2.05) is 0 Å². The molecule has 1 nitrogen and oxygen atoms in total. The normalized spacial score (nSPS) is 45.5. The van der Waals surface area contributed by atoms with Gasteiger partial charge in [0.05, 0.1) is 0 Å². The van der Waals surface area contributed by atoms with Crippen molar-refractivity contribution >= 4 is 15.9 Å². The third-order valence-corrected chi connectivity index (χ3v) is 4.39. The van der Waals surface area contributed by atoms with E-state index in [1.165, 1.54) is 25.7 Å². The SMILES string of the molecule is OCC1C2CCC(C2)C1CCBr. The highest BCUT2D eigenvalue weighted by Gasteiger charge is 2.46. The summed E-state index contributed by atoms with van der Waals surface area (Å²) in [6.07, 6.45) is 5.49. The van der Waals surface area contributed by atoms with Crippen molar-refractivity contribution in [3.8, 4) is 0 Å². The first-order valence-electron chi connectivity index (χ1n) is 5.03. The van der Waals surface area contributed by atoms with Gasteiger partial charge in [-0.15, -0.1) is 0 Å². The molecule has 0 radical (unpaired) electrons. The largest absolute Gasteiger partial charge is 0.396 e. The third kappa shape index (κ3) is 1.33. The summed E-state index contributed by atoms with van der Waals surface area (Å²) in [4.78, 5) is 0. The topological polar surface area (TPSA) is 20.2 Å². The van der Waals surface area contributed by atoms with Crippen LogP contribution in [0, 0.1) is 23.7 Å². The van der Waals surface area contributed by atoms with E-state index in [1.54, 1.807) is 0 Å². The maximum Gasteiger partial charge on any atom is 0.0464 e. The van der Waals surface area contributed by atoms with Gasteiger partial charge in [0.25, 0.3) is 0 Å². The van der Waals surface area contributed by atoms with E-state index in [2.05, 4.69) is 15.9 Å². The quantitative estimate of drug-likeness (QED) is 0.742. The fourth-order valence-electron chi connectivity index (χ4n) is 3.39. The van der Waals surface area contributed by atoms with Crippen molar-refractivity contribution in [2.75, 3.05) is 11.9 Å². The Hall–Kier alpha value is 0.440. The Morgan fingerprint density at radius 1 is 1.17 bits per heavy atom. The summed E-state index contributed by atoms with van der Waals surface area (Å²) in [5.41, 5.74) is 0. The average molecular weight is 233 g/mol. The molecule has 0 aromatic carbocycles. The molecule has 1 N–H and O–H groups in total. The molecule has 2 heteroatoms. The van der Waals surface area contributed by atoms with E-state index >= 15 is 0 Å². The summed E-state index contributed by atoms with van der Waals surface area (Å²) < 4.78 is 0.